The second-order valence-corrected chi connectivity index (χ2v) is 24.8. The summed E-state index contributed by atoms with van der Waals surface area (Å²) in [5.41, 5.74) is 12.4. The van der Waals surface area contributed by atoms with Gasteiger partial charge in [-0.2, -0.15) is 0 Å². The number of aliphatic hydroxyl groups is 1. The molecule has 87 heavy (non-hydrogen) atoms. The molecule has 3 heterocycles. The fourth-order valence-electron chi connectivity index (χ4n) is 10.7. The number of phosphoric ester groups is 1. The topological polar surface area (TPSA) is 425 Å². The molecule has 2 aromatic rings. The summed E-state index contributed by atoms with van der Waals surface area (Å²) in [6, 6.07) is 2.72. The Morgan fingerprint density at radius 3 is 1.36 bits per heavy atom. The summed E-state index contributed by atoms with van der Waals surface area (Å²) in [6.45, 7) is 10.5. The molecule has 3 saturated heterocycles. The van der Waals surface area contributed by atoms with Crippen LogP contribution in [0.3, 0.4) is 0 Å². The molecule has 29 heteroatoms. The zero-order valence-electron chi connectivity index (χ0n) is 50.4. The Morgan fingerprint density at radius 2 is 0.943 bits per heavy atom. The normalized spacial score (nSPS) is 26.1. The van der Waals surface area contributed by atoms with Gasteiger partial charge in [0.15, 0.2) is 5.96 Å². The van der Waals surface area contributed by atoms with Gasteiger partial charge in [-0.25, -0.2) is 4.57 Å². The first kappa shape index (κ1) is 70.2. The number of benzene rings is 2. The number of carbonyl (C=O) groups is 10. The summed E-state index contributed by atoms with van der Waals surface area (Å²) in [6.07, 6.45) is -1.03. The number of nitrogens with zero attached hydrogens (tertiary/aromatic N) is 3. The molecule has 0 aromatic heterocycles. The lowest BCUT2D eigenvalue weighted by molar-refractivity contribution is -0.143. The zero-order chi connectivity index (χ0) is 64.3. The number of aliphatic imine (C=N–C) groups is 1. The summed E-state index contributed by atoms with van der Waals surface area (Å²) < 4.78 is 16.8. The lowest BCUT2D eigenvalue weighted by Crippen LogP contribution is -2.63. The van der Waals surface area contributed by atoms with Crippen LogP contribution in [0.4, 0.5) is 0 Å². The predicted molar refractivity (Wildman–Crippen MR) is 319 cm³/mol. The van der Waals surface area contributed by atoms with Crippen LogP contribution in [-0.2, 0) is 69.9 Å². The molecule has 0 radical (unpaired) electrons. The minimum atomic E-state index is -5.36. The minimum absolute atomic E-state index is 0.00198. The van der Waals surface area contributed by atoms with Gasteiger partial charge >= 0.3 is 7.82 Å². The molecule has 480 valence electrons. The van der Waals surface area contributed by atoms with Crippen LogP contribution in [0.15, 0.2) is 65.7 Å². The van der Waals surface area contributed by atoms with Crippen LogP contribution in [0.2, 0.25) is 0 Å². The van der Waals surface area contributed by atoms with Crippen molar-refractivity contribution in [3.05, 3.63) is 71.8 Å². The van der Waals surface area contributed by atoms with E-state index in [1.54, 1.807) is 102 Å². The molecule has 0 aliphatic carbocycles. The van der Waals surface area contributed by atoms with Crippen LogP contribution >= 0.6 is 7.82 Å². The number of fused-ring (bicyclic) bond motifs is 2. The number of rotatable bonds is 17. The second-order valence-electron chi connectivity index (χ2n) is 23.6. The van der Waals surface area contributed by atoms with E-state index >= 15 is 0 Å². The van der Waals surface area contributed by atoms with Gasteiger partial charge in [-0.05, 0) is 87.2 Å². The smallest absolute Gasteiger partial charge is 0.391 e. The number of carbonyl (C=O) groups excluding carboxylic acids is 10. The number of amides is 10. The molecule has 0 saturated carbocycles. The third-order valence-corrected chi connectivity index (χ3v) is 15.6. The quantitative estimate of drug-likeness (QED) is 0.0376. The lowest BCUT2D eigenvalue weighted by Gasteiger charge is -2.32. The van der Waals surface area contributed by atoms with Crippen molar-refractivity contribution in [1.82, 2.24) is 52.3 Å². The van der Waals surface area contributed by atoms with Crippen molar-refractivity contribution in [2.24, 2.45) is 34.2 Å². The number of aliphatic hydroxyl groups excluding tert-OH is 1. The highest BCUT2D eigenvalue weighted by molar-refractivity contribution is 7.46. The Kier molecular flexibility index (Phi) is 26.6. The van der Waals surface area contributed by atoms with Crippen LogP contribution in [0.1, 0.15) is 111 Å². The van der Waals surface area contributed by atoms with E-state index < -0.39 is 146 Å². The van der Waals surface area contributed by atoms with E-state index in [1.807, 2.05) is 0 Å². The first-order valence-electron chi connectivity index (χ1n) is 29.6. The van der Waals surface area contributed by atoms with Crippen molar-refractivity contribution in [3.63, 3.8) is 0 Å². The van der Waals surface area contributed by atoms with Crippen LogP contribution in [0, 0.1) is 17.8 Å². The van der Waals surface area contributed by atoms with Crippen LogP contribution < -0.4 is 54.0 Å². The summed E-state index contributed by atoms with van der Waals surface area (Å²) in [5.74, 6) is -10.1. The molecule has 3 aliphatic rings. The molecule has 3 fully saturated rings. The zero-order valence-corrected chi connectivity index (χ0v) is 51.3. The average molecular weight is 1240 g/mol. The summed E-state index contributed by atoms with van der Waals surface area (Å²) >= 11 is 0. The molecule has 3 aliphatic heterocycles. The summed E-state index contributed by atoms with van der Waals surface area (Å²) in [7, 11) is -5.36. The van der Waals surface area contributed by atoms with E-state index in [0.717, 1.165) is 6.92 Å². The number of hydrogen-bond donors (Lipinski definition) is 13. The van der Waals surface area contributed by atoms with Crippen molar-refractivity contribution < 1.29 is 71.9 Å². The van der Waals surface area contributed by atoms with Crippen molar-refractivity contribution in [2.75, 3.05) is 26.2 Å². The minimum Gasteiger partial charge on any atom is -0.391 e. The average Bonchev–Trinajstić information content (AvgIpc) is 2.36. The molecule has 0 unspecified atom stereocenters. The van der Waals surface area contributed by atoms with Crippen molar-refractivity contribution in [3.8, 4) is 0 Å². The predicted octanol–water partition coefficient (Wildman–Crippen LogP) is -1.36. The van der Waals surface area contributed by atoms with Gasteiger partial charge in [-0.15, -0.1) is 0 Å². The summed E-state index contributed by atoms with van der Waals surface area (Å²) in [4.78, 5) is 172. The van der Waals surface area contributed by atoms with Crippen LogP contribution in [-0.4, -0.2) is 182 Å². The Labute approximate surface area is 506 Å². The van der Waals surface area contributed by atoms with Gasteiger partial charge < -0.3 is 78.7 Å². The van der Waals surface area contributed by atoms with Crippen molar-refractivity contribution >= 4 is 72.9 Å². The highest BCUT2D eigenvalue weighted by atomic mass is 31.2. The van der Waals surface area contributed by atoms with Gasteiger partial charge in [0.2, 0.25) is 59.1 Å². The first-order valence-corrected chi connectivity index (χ1v) is 31.1. The Bertz CT molecular complexity index is 2800. The van der Waals surface area contributed by atoms with E-state index in [9.17, 15) is 67.4 Å². The van der Waals surface area contributed by atoms with Gasteiger partial charge in [0.25, 0.3) is 0 Å². The van der Waals surface area contributed by atoms with Crippen LogP contribution in [0.25, 0.3) is 0 Å². The fourth-order valence-corrected chi connectivity index (χ4v) is 11.0. The molecule has 28 nitrogen and oxygen atoms in total. The Hall–Kier alpha value is -7.52. The monoisotopic (exact) mass is 1240 g/mol. The van der Waals surface area contributed by atoms with Gasteiger partial charge in [0.1, 0.15) is 60.4 Å². The van der Waals surface area contributed by atoms with E-state index in [1.165, 1.54) is 9.80 Å². The van der Waals surface area contributed by atoms with Crippen LogP contribution in [0.5, 0.6) is 0 Å². The maximum Gasteiger partial charge on any atom is 0.469 e. The first-order chi connectivity index (χ1) is 41.0. The van der Waals surface area contributed by atoms with E-state index in [2.05, 4.69) is 52.1 Å². The Morgan fingerprint density at radius 1 is 0.552 bits per heavy atom. The molecule has 11 atom stereocenters. The highest BCUT2D eigenvalue weighted by Crippen LogP contribution is 2.35. The van der Waals surface area contributed by atoms with E-state index in [0.29, 0.717) is 17.5 Å². The molecule has 0 bridgehead atoms. The van der Waals surface area contributed by atoms with Gasteiger partial charge in [-0.1, -0.05) is 102 Å². The van der Waals surface area contributed by atoms with Crippen molar-refractivity contribution in [2.45, 2.75) is 179 Å². The second kappa shape index (κ2) is 33.0. The molecular weight excluding hydrogens is 1150 g/mol. The highest BCUT2D eigenvalue weighted by Gasteiger charge is 2.44. The Balaban J connectivity index is 1.62. The molecule has 10 amide bonds. The SMILES string of the molecule is CC(C)C[C@@H]1NC(=O)[C@H](COP(=O)(O)O)NC(=O)[C@H]([C@@H](C)O)NC(=O)[C@@H]2CCCN2C(=O)[C@@H](Cc2ccccc2)NC(=O)[C@H](CC(C)C)NC(=O)[C@H](CCCN=C(N)N)NC(=O)[C@H](C(C)C)NC(=O)[C@@H]2CCCN2C(=O)[C@@H](Cc2ccccc2)NC1=O. The molecule has 5 rings (SSSR count). The summed E-state index contributed by atoms with van der Waals surface area (Å²) in [5, 5.41) is 32.2. The maximum atomic E-state index is 14.9. The molecule has 0 spiro atoms. The van der Waals surface area contributed by atoms with Gasteiger partial charge in [-0.3, -0.25) is 57.5 Å². The lowest BCUT2D eigenvalue weighted by atomic mass is 9.99. The molecule has 2 aromatic carbocycles. The number of guanidine groups is 1. The van der Waals surface area contributed by atoms with E-state index in [-0.39, 0.29) is 95.2 Å². The van der Waals surface area contributed by atoms with E-state index in [4.69, 9.17) is 11.5 Å². The molecule has 15 N–H and O–H groups in total. The maximum absolute atomic E-state index is 14.9. The largest absolute Gasteiger partial charge is 0.469 e. The third kappa shape index (κ3) is 21.7. The number of nitrogens with two attached hydrogens (primary N) is 2. The molecular formula is C58H88N13O15P. The van der Waals surface area contributed by atoms with Gasteiger partial charge in [0, 0.05) is 32.5 Å². The standard InChI is InChI=1S/C58H88N13O15P/c1-32(2)27-39-49(74)65-42(30-37-19-12-9-13-20-37)57(82)71-26-16-23-45(71)53(78)69-47(35(7)72)55(80)67-43(31-86-87(83,84)85)51(76)64-40(28-33(3)4)50(75)66-41(29-36-17-10-8-11-18-36)56(81)70-25-15-22-44(70)52(77)68-46(34(5)6)54(79)62-38(48(73)63-39)21-14-24-61-58(59)60/h8-13,17-20,32-35,38-47,72H,14-16,21-31H2,1-7H3,(H,62,79)(H,63,73)(H,64,76)(H,65,74)(H,66,75)(H,67,80)(H,68,77)(H,69,78)(H4,59,60,61)(H2,83,84,85)/t35-,38+,39+,40+,41-,42-,43+,44+,45+,46+,47+/m1/s1. The number of phosphoric acid groups is 1. The number of nitrogens with one attached hydrogen (secondary N) is 8. The number of hydrogen-bond acceptors (Lipinski definition) is 14. The van der Waals surface area contributed by atoms with Crippen molar-refractivity contribution in [1.29, 1.82) is 0 Å². The fraction of sp³-hybridized carbons (Fsp3) is 0.603. The third-order valence-electron chi connectivity index (χ3n) is 15.1. The van der Waals surface area contributed by atoms with Gasteiger partial charge in [0.05, 0.1) is 12.7 Å².